The molecule has 0 unspecified atom stereocenters. The first-order valence-electron chi connectivity index (χ1n) is 10.3. The van der Waals surface area contributed by atoms with Crippen molar-refractivity contribution in [1.82, 2.24) is 5.32 Å². The van der Waals surface area contributed by atoms with Crippen molar-refractivity contribution in [2.24, 2.45) is 5.92 Å². The second-order valence-corrected chi connectivity index (χ2v) is 8.97. The molecule has 7 heteroatoms. The van der Waals surface area contributed by atoms with Crippen molar-refractivity contribution in [2.45, 2.75) is 72.8 Å². The molecule has 0 saturated heterocycles. The van der Waals surface area contributed by atoms with Gasteiger partial charge in [-0.15, -0.1) is 0 Å². The van der Waals surface area contributed by atoms with Crippen LogP contribution in [0.4, 0.5) is 0 Å². The highest BCUT2D eigenvalue weighted by molar-refractivity contribution is 7.99. The average Bonchev–Trinajstić information content (AvgIpc) is 2.63. The monoisotopic (exact) mass is 439 g/mol. The Labute approximate surface area is 184 Å². The summed E-state index contributed by atoms with van der Waals surface area (Å²) in [5, 5.41) is 20.5. The summed E-state index contributed by atoms with van der Waals surface area (Å²) in [4.78, 5) is 33.9. The predicted octanol–water partition coefficient (Wildman–Crippen LogP) is 4.82. The Bertz CT molecular complexity index is 663. The van der Waals surface area contributed by atoms with Crippen LogP contribution in [0.15, 0.2) is 34.9 Å². The van der Waals surface area contributed by atoms with Gasteiger partial charge >= 0.3 is 11.9 Å². The molecule has 0 aromatic rings. The zero-order chi connectivity index (χ0) is 23.1. The van der Waals surface area contributed by atoms with Crippen LogP contribution in [0.25, 0.3) is 0 Å². The Kier molecular flexibility index (Phi) is 14.7. The van der Waals surface area contributed by atoms with E-state index in [1.54, 1.807) is 0 Å². The molecule has 30 heavy (non-hydrogen) atoms. The summed E-state index contributed by atoms with van der Waals surface area (Å²) in [5.41, 5.74) is 3.99. The third kappa shape index (κ3) is 14.9. The number of carboxylic acids is 2. The van der Waals surface area contributed by atoms with E-state index >= 15 is 0 Å². The molecular formula is C23H37NO5S. The van der Waals surface area contributed by atoms with E-state index in [0.29, 0.717) is 5.75 Å². The number of amides is 1. The molecule has 0 saturated carbocycles. The van der Waals surface area contributed by atoms with Crippen molar-refractivity contribution in [3.8, 4) is 0 Å². The fraction of sp³-hybridized carbons (Fsp3) is 0.609. The molecule has 2 atom stereocenters. The number of hydrogen-bond acceptors (Lipinski definition) is 4. The number of thioether (sulfide) groups is 1. The Balaban J connectivity index is 4.28. The highest BCUT2D eigenvalue weighted by atomic mass is 32.2. The second-order valence-electron chi connectivity index (χ2n) is 7.90. The number of carbonyl (C=O) groups excluding carboxylic acids is 1. The van der Waals surface area contributed by atoms with Crippen molar-refractivity contribution in [1.29, 1.82) is 0 Å². The molecule has 0 radical (unpaired) electrons. The molecule has 1 amide bonds. The fourth-order valence-corrected chi connectivity index (χ4v) is 3.52. The van der Waals surface area contributed by atoms with Crippen LogP contribution in [0.1, 0.15) is 66.7 Å². The normalized spacial score (nSPS) is 14.0. The number of hydrogen-bond donors (Lipinski definition) is 3. The molecule has 0 aliphatic carbocycles. The van der Waals surface area contributed by atoms with Crippen molar-refractivity contribution < 1.29 is 24.6 Å². The van der Waals surface area contributed by atoms with Gasteiger partial charge in [0.2, 0.25) is 5.91 Å². The third-order valence-electron chi connectivity index (χ3n) is 4.50. The van der Waals surface area contributed by atoms with Gasteiger partial charge in [-0.1, -0.05) is 41.9 Å². The van der Waals surface area contributed by atoms with E-state index in [1.165, 1.54) is 35.4 Å². The number of carboxylic acid groups (broad SMARTS) is 2. The SMILES string of the molecule is CC(C)=CCC/C(C)=C/CC/C(C)=C/CSC[C@H](NC(=O)C[C@H](C)C(=O)O)C(=O)O. The van der Waals surface area contributed by atoms with Crippen molar-refractivity contribution in [3.63, 3.8) is 0 Å². The largest absolute Gasteiger partial charge is 0.481 e. The molecule has 6 nitrogen and oxygen atoms in total. The summed E-state index contributed by atoms with van der Waals surface area (Å²) in [6.45, 7) is 9.86. The van der Waals surface area contributed by atoms with E-state index < -0.39 is 29.8 Å². The molecule has 170 valence electrons. The predicted molar refractivity (Wildman–Crippen MR) is 124 cm³/mol. The second kappa shape index (κ2) is 15.8. The van der Waals surface area contributed by atoms with Gasteiger partial charge in [0.1, 0.15) is 6.04 Å². The first-order chi connectivity index (χ1) is 14.0. The standard InChI is InChI=1S/C23H37NO5S/c1-16(2)8-6-9-17(3)10-7-11-18(4)12-13-30-15-20(23(28)29)24-21(25)14-19(5)22(26)27/h8,10,12,19-20H,6-7,9,11,13-15H2,1-5H3,(H,24,25)(H,26,27)(H,28,29)/b17-10+,18-12+/t19-,20-/m0/s1. The molecule has 0 bridgehead atoms. The fourth-order valence-electron chi connectivity index (χ4n) is 2.52. The van der Waals surface area contributed by atoms with Crippen LogP contribution in [0.2, 0.25) is 0 Å². The molecular weight excluding hydrogens is 402 g/mol. The number of aliphatic carboxylic acids is 2. The van der Waals surface area contributed by atoms with Gasteiger partial charge in [0.15, 0.2) is 0 Å². The average molecular weight is 440 g/mol. The van der Waals surface area contributed by atoms with Crippen molar-refractivity contribution in [2.75, 3.05) is 11.5 Å². The van der Waals surface area contributed by atoms with Gasteiger partial charge in [-0.2, -0.15) is 11.8 Å². The molecule has 0 aromatic heterocycles. The third-order valence-corrected chi connectivity index (χ3v) is 5.47. The summed E-state index contributed by atoms with van der Waals surface area (Å²) in [5.74, 6) is -2.70. The van der Waals surface area contributed by atoms with Crippen LogP contribution in [0.5, 0.6) is 0 Å². The zero-order valence-electron chi connectivity index (χ0n) is 18.9. The lowest BCUT2D eigenvalue weighted by Crippen LogP contribution is -2.43. The summed E-state index contributed by atoms with van der Waals surface area (Å²) >= 11 is 1.43. The highest BCUT2D eigenvalue weighted by Gasteiger charge is 2.22. The van der Waals surface area contributed by atoms with Crippen LogP contribution >= 0.6 is 11.8 Å². The first-order valence-corrected chi connectivity index (χ1v) is 11.5. The quantitative estimate of drug-likeness (QED) is 0.250. The number of nitrogens with one attached hydrogen (secondary N) is 1. The molecule has 0 aliphatic heterocycles. The van der Waals surface area contributed by atoms with E-state index in [2.05, 4.69) is 51.2 Å². The molecule has 0 aromatic carbocycles. The molecule has 0 aliphatic rings. The van der Waals surface area contributed by atoms with E-state index in [-0.39, 0.29) is 12.2 Å². The molecule has 0 rings (SSSR count). The highest BCUT2D eigenvalue weighted by Crippen LogP contribution is 2.13. The van der Waals surface area contributed by atoms with Crippen molar-refractivity contribution in [3.05, 3.63) is 34.9 Å². The lowest BCUT2D eigenvalue weighted by atomic mass is 10.1. The van der Waals surface area contributed by atoms with Gasteiger partial charge < -0.3 is 15.5 Å². The maximum absolute atomic E-state index is 11.8. The lowest BCUT2D eigenvalue weighted by Gasteiger charge is -2.15. The molecule has 0 fully saturated rings. The Morgan fingerprint density at radius 1 is 0.900 bits per heavy atom. The van der Waals surface area contributed by atoms with Gasteiger partial charge in [0, 0.05) is 17.9 Å². The van der Waals surface area contributed by atoms with E-state index in [0.717, 1.165) is 25.7 Å². The molecule has 0 heterocycles. The van der Waals surface area contributed by atoms with Crippen molar-refractivity contribution >= 4 is 29.6 Å². The minimum atomic E-state index is -1.12. The first kappa shape index (κ1) is 28.0. The Morgan fingerprint density at radius 2 is 1.47 bits per heavy atom. The van der Waals surface area contributed by atoms with Gasteiger partial charge in [0.25, 0.3) is 0 Å². The maximum Gasteiger partial charge on any atom is 0.327 e. The van der Waals surface area contributed by atoms with Gasteiger partial charge in [-0.3, -0.25) is 9.59 Å². The zero-order valence-corrected chi connectivity index (χ0v) is 19.7. The van der Waals surface area contributed by atoms with Gasteiger partial charge in [-0.25, -0.2) is 4.79 Å². The summed E-state index contributed by atoms with van der Waals surface area (Å²) < 4.78 is 0. The number of carbonyl (C=O) groups is 3. The Hall–Kier alpha value is -2.02. The number of rotatable bonds is 15. The Morgan fingerprint density at radius 3 is 2.00 bits per heavy atom. The molecule has 3 N–H and O–H groups in total. The smallest absolute Gasteiger partial charge is 0.327 e. The van der Waals surface area contributed by atoms with E-state index in [9.17, 15) is 19.5 Å². The topological polar surface area (TPSA) is 104 Å². The lowest BCUT2D eigenvalue weighted by molar-refractivity contribution is -0.144. The summed E-state index contributed by atoms with van der Waals surface area (Å²) in [6.07, 6.45) is 10.5. The van der Waals surface area contributed by atoms with E-state index in [4.69, 9.17) is 5.11 Å². The van der Waals surface area contributed by atoms with Gasteiger partial charge in [-0.05, 0) is 53.4 Å². The maximum atomic E-state index is 11.8. The van der Waals surface area contributed by atoms with E-state index in [1.807, 2.05) is 0 Å². The van der Waals surface area contributed by atoms with Crippen LogP contribution in [-0.4, -0.2) is 45.6 Å². The van der Waals surface area contributed by atoms with Crippen LogP contribution in [-0.2, 0) is 14.4 Å². The minimum Gasteiger partial charge on any atom is -0.481 e. The number of allylic oxidation sites excluding steroid dienone is 5. The van der Waals surface area contributed by atoms with Crippen LogP contribution in [0.3, 0.4) is 0 Å². The minimum absolute atomic E-state index is 0.232. The summed E-state index contributed by atoms with van der Waals surface area (Å²) in [7, 11) is 0. The van der Waals surface area contributed by atoms with Crippen LogP contribution in [0, 0.1) is 5.92 Å². The molecule has 0 spiro atoms. The summed E-state index contributed by atoms with van der Waals surface area (Å²) in [6, 6.07) is -1.02. The van der Waals surface area contributed by atoms with Gasteiger partial charge in [0.05, 0.1) is 5.92 Å². The van der Waals surface area contributed by atoms with Crippen LogP contribution < -0.4 is 5.32 Å².